The van der Waals surface area contributed by atoms with Gasteiger partial charge in [0, 0.05) is 26.1 Å². The highest BCUT2D eigenvalue weighted by Crippen LogP contribution is 2.26. The fourth-order valence-electron chi connectivity index (χ4n) is 2.47. The number of aryl methyl sites for hydroxylation is 1. The minimum Gasteiger partial charge on any atom is -0.496 e. The predicted molar refractivity (Wildman–Crippen MR) is 83.1 cm³/mol. The molecule has 110 valence electrons. The van der Waals surface area contributed by atoms with Crippen molar-refractivity contribution in [2.75, 3.05) is 27.2 Å². The number of carbonyl (C=O) groups is 1. The Hall–Kier alpha value is -1.07. The Kier molecular flexibility index (Phi) is 5.43. The van der Waals surface area contributed by atoms with Crippen LogP contribution in [0, 0.1) is 0 Å². The summed E-state index contributed by atoms with van der Waals surface area (Å²) in [4.78, 5) is 14.1. The number of methoxy groups -OCH3 is 1. The van der Waals surface area contributed by atoms with Crippen LogP contribution in [0.4, 0.5) is 0 Å². The molecule has 1 saturated heterocycles. The summed E-state index contributed by atoms with van der Waals surface area (Å²) in [6.07, 6.45) is 2.36. The first-order valence-electron chi connectivity index (χ1n) is 6.90. The maximum atomic E-state index is 12.2. The number of amides is 1. The summed E-state index contributed by atoms with van der Waals surface area (Å²) in [5.74, 6) is 1.03. The first-order valence-corrected chi connectivity index (χ1v) is 7.70. The molecule has 1 fully saturated rings. The molecule has 1 aliphatic heterocycles. The van der Waals surface area contributed by atoms with Gasteiger partial charge in [-0.3, -0.25) is 4.79 Å². The number of ether oxygens (including phenoxy) is 1. The molecular formula is C15H21BrN2O2. The molecule has 0 radical (unpaired) electrons. The number of nitrogens with zero attached hydrogens (tertiary/aromatic N) is 1. The molecule has 0 spiro atoms. The Labute approximate surface area is 128 Å². The number of nitrogens with one attached hydrogen (secondary N) is 1. The predicted octanol–water partition coefficient (Wildman–Crippen LogP) is 2.21. The maximum Gasteiger partial charge on any atom is 0.222 e. The summed E-state index contributed by atoms with van der Waals surface area (Å²) >= 11 is 3.47. The van der Waals surface area contributed by atoms with E-state index < -0.39 is 0 Å². The van der Waals surface area contributed by atoms with Crippen molar-refractivity contribution in [2.45, 2.75) is 25.3 Å². The van der Waals surface area contributed by atoms with Crippen molar-refractivity contribution < 1.29 is 9.53 Å². The number of carbonyl (C=O) groups excluding carboxylic acids is 1. The van der Waals surface area contributed by atoms with Crippen molar-refractivity contribution in [3.05, 3.63) is 28.2 Å². The van der Waals surface area contributed by atoms with Gasteiger partial charge >= 0.3 is 0 Å². The van der Waals surface area contributed by atoms with E-state index in [0.29, 0.717) is 12.5 Å². The number of halogens is 1. The highest BCUT2D eigenvalue weighted by atomic mass is 79.9. The molecule has 1 atom stereocenters. The molecular weight excluding hydrogens is 320 g/mol. The van der Waals surface area contributed by atoms with Crippen LogP contribution in [0.15, 0.2) is 22.7 Å². The molecule has 0 aromatic heterocycles. The lowest BCUT2D eigenvalue weighted by atomic mass is 10.1. The van der Waals surface area contributed by atoms with E-state index in [4.69, 9.17) is 4.74 Å². The van der Waals surface area contributed by atoms with Crippen LogP contribution >= 0.6 is 15.9 Å². The molecule has 0 saturated carbocycles. The van der Waals surface area contributed by atoms with Gasteiger partial charge < -0.3 is 15.0 Å². The van der Waals surface area contributed by atoms with E-state index >= 15 is 0 Å². The van der Waals surface area contributed by atoms with Crippen LogP contribution in [0.1, 0.15) is 18.4 Å². The average molecular weight is 341 g/mol. The molecule has 5 heteroatoms. The number of hydrogen-bond donors (Lipinski definition) is 1. The number of likely N-dealkylation sites (N-methyl/N-ethyl adjacent to an activating group) is 1. The van der Waals surface area contributed by atoms with Gasteiger partial charge in [0.15, 0.2) is 0 Å². The monoisotopic (exact) mass is 340 g/mol. The largest absolute Gasteiger partial charge is 0.496 e. The summed E-state index contributed by atoms with van der Waals surface area (Å²) in [6.45, 7) is 1.92. The molecule has 4 nitrogen and oxygen atoms in total. The first-order chi connectivity index (χ1) is 9.61. The van der Waals surface area contributed by atoms with Gasteiger partial charge in [0.1, 0.15) is 5.75 Å². The van der Waals surface area contributed by atoms with Crippen molar-refractivity contribution >= 4 is 21.8 Å². The normalized spacial score (nSPS) is 18.1. The van der Waals surface area contributed by atoms with Gasteiger partial charge in [-0.15, -0.1) is 0 Å². The molecule has 20 heavy (non-hydrogen) atoms. The van der Waals surface area contributed by atoms with E-state index in [0.717, 1.165) is 41.7 Å². The van der Waals surface area contributed by atoms with Gasteiger partial charge in [-0.25, -0.2) is 0 Å². The average Bonchev–Trinajstić information content (AvgIpc) is 2.98. The molecule has 0 bridgehead atoms. The van der Waals surface area contributed by atoms with Crippen molar-refractivity contribution in [2.24, 2.45) is 0 Å². The summed E-state index contributed by atoms with van der Waals surface area (Å²) in [5.41, 5.74) is 1.14. The van der Waals surface area contributed by atoms with Crippen LogP contribution in [-0.2, 0) is 11.2 Å². The quantitative estimate of drug-likeness (QED) is 0.893. The lowest BCUT2D eigenvalue weighted by Crippen LogP contribution is -2.38. The van der Waals surface area contributed by atoms with E-state index in [9.17, 15) is 4.79 Å². The zero-order valence-corrected chi connectivity index (χ0v) is 13.6. The molecule has 2 rings (SSSR count). The van der Waals surface area contributed by atoms with Crippen LogP contribution in [0.2, 0.25) is 0 Å². The van der Waals surface area contributed by atoms with Crippen LogP contribution < -0.4 is 10.1 Å². The molecule has 1 N–H and O–H groups in total. The smallest absolute Gasteiger partial charge is 0.222 e. The van der Waals surface area contributed by atoms with Gasteiger partial charge in [-0.1, -0.05) is 6.07 Å². The Morgan fingerprint density at radius 3 is 2.95 bits per heavy atom. The Balaban J connectivity index is 1.88. The third kappa shape index (κ3) is 3.73. The van der Waals surface area contributed by atoms with Crippen LogP contribution in [-0.4, -0.2) is 44.1 Å². The molecule has 1 heterocycles. The van der Waals surface area contributed by atoms with E-state index in [1.807, 2.05) is 30.1 Å². The van der Waals surface area contributed by atoms with E-state index in [-0.39, 0.29) is 5.91 Å². The summed E-state index contributed by atoms with van der Waals surface area (Å²) in [7, 11) is 3.55. The van der Waals surface area contributed by atoms with Crippen LogP contribution in [0.25, 0.3) is 0 Å². The fourth-order valence-corrected chi connectivity index (χ4v) is 3.05. The van der Waals surface area contributed by atoms with Crippen molar-refractivity contribution in [3.63, 3.8) is 0 Å². The number of rotatable bonds is 5. The topological polar surface area (TPSA) is 41.6 Å². The minimum absolute atomic E-state index is 0.214. The maximum absolute atomic E-state index is 12.2. The zero-order chi connectivity index (χ0) is 14.5. The van der Waals surface area contributed by atoms with Gasteiger partial charge in [-0.05, 0) is 53.0 Å². The molecule has 0 aliphatic carbocycles. The van der Waals surface area contributed by atoms with Crippen molar-refractivity contribution in [1.82, 2.24) is 10.2 Å². The van der Waals surface area contributed by atoms with E-state index in [2.05, 4.69) is 21.2 Å². The molecule has 1 aromatic rings. The van der Waals surface area contributed by atoms with E-state index in [1.165, 1.54) is 0 Å². The summed E-state index contributed by atoms with van der Waals surface area (Å²) in [6, 6.07) is 6.30. The standard InChI is InChI=1S/C15H21BrN2O2/c1-18(12-7-8-17-10-12)15(19)6-4-11-3-5-14(20-2)13(16)9-11/h3,5,9,12,17H,4,6-8,10H2,1-2H3. The second-order valence-electron chi connectivity index (χ2n) is 5.12. The van der Waals surface area contributed by atoms with Crippen molar-refractivity contribution in [1.29, 1.82) is 0 Å². The highest BCUT2D eigenvalue weighted by Gasteiger charge is 2.22. The third-order valence-corrected chi connectivity index (χ3v) is 4.44. The fraction of sp³-hybridized carbons (Fsp3) is 0.533. The van der Waals surface area contributed by atoms with E-state index in [1.54, 1.807) is 7.11 Å². The number of benzene rings is 1. The minimum atomic E-state index is 0.214. The van der Waals surface area contributed by atoms with Gasteiger partial charge in [0.2, 0.25) is 5.91 Å². The molecule has 1 amide bonds. The van der Waals surface area contributed by atoms with Crippen LogP contribution in [0.5, 0.6) is 5.75 Å². The molecule has 1 aliphatic rings. The second kappa shape index (κ2) is 7.09. The Morgan fingerprint density at radius 2 is 2.35 bits per heavy atom. The zero-order valence-electron chi connectivity index (χ0n) is 12.0. The molecule has 1 unspecified atom stereocenters. The Bertz CT molecular complexity index is 473. The molecule has 1 aromatic carbocycles. The number of hydrogen-bond acceptors (Lipinski definition) is 3. The highest BCUT2D eigenvalue weighted by molar-refractivity contribution is 9.10. The third-order valence-electron chi connectivity index (χ3n) is 3.82. The Morgan fingerprint density at radius 1 is 1.55 bits per heavy atom. The SMILES string of the molecule is COc1ccc(CCC(=O)N(C)C2CCNC2)cc1Br. The van der Waals surface area contributed by atoms with Crippen LogP contribution in [0.3, 0.4) is 0 Å². The second-order valence-corrected chi connectivity index (χ2v) is 5.97. The van der Waals surface area contributed by atoms with Crippen molar-refractivity contribution in [3.8, 4) is 5.75 Å². The summed E-state index contributed by atoms with van der Waals surface area (Å²) < 4.78 is 6.13. The lowest BCUT2D eigenvalue weighted by molar-refractivity contribution is -0.131. The van der Waals surface area contributed by atoms with Gasteiger partial charge in [-0.2, -0.15) is 0 Å². The first kappa shape index (κ1) is 15.3. The lowest BCUT2D eigenvalue weighted by Gasteiger charge is -2.23. The summed E-state index contributed by atoms with van der Waals surface area (Å²) in [5, 5.41) is 3.29. The van der Waals surface area contributed by atoms with Gasteiger partial charge in [0.05, 0.1) is 11.6 Å². The van der Waals surface area contributed by atoms with Gasteiger partial charge in [0.25, 0.3) is 0 Å².